The van der Waals surface area contributed by atoms with Gasteiger partial charge in [0.05, 0.1) is 5.39 Å². The number of nitrogens with two attached hydrogens (primary N) is 1. The van der Waals surface area contributed by atoms with E-state index in [0.29, 0.717) is 22.4 Å². The Hall–Kier alpha value is -4.99. The van der Waals surface area contributed by atoms with Gasteiger partial charge in [0.2, 0.25) is 17.7 Å². The number of carboxylic acid groups (broad SMARTS) is 3. The minimum Gasteiger partial charge on any atom is -0.493 e. The Morgan fingerprint density at radius 3 is 2.15 bits per heavy atom. The molecule has 0 unspecified atom stereocenters. The number of amides is 2. The lowest BCUT2D eigenvalue weighted by molar-refractivity contribution is -0.143. The Balaban J connectivity index is 1.54. The van der Waals surface area contributed by atoms with Crippen molar-refractivity contribution in [2.75, 3.05) is 11.1 Å². The summed E-state index contributed by atoms with van der Waals surface area (Å²) < 4.78 is 0. The van der Waals surface area contributed by atoms with Crippen LogP contribution in [0.4, 0.5) is 11.6 Å². The molecule has 1 aromatic carbocycles. The number of carbonyl (C=O) groups excluding carboxylic acids is 2. The summed E-state index contributed by atoms with van der Waals surface area (Å²) in [6.45, 7) is 0.314. The van der Waals surface area contributed by atoms with Crippen LogP contribution >= 0.6 is 11.3 Å². The molecule has 2 atom stereocenters. The van der Waals surface area contributed by atoms with E-state index in [1.165, 1.54) is 23.5 Å². The van der Waals surface area contributed by atoms with E-state index in [0.717, 1.165) is 5.56 Å². The number of nitrogen functional groups attached to an aromatic ring is 1. The summed E-state index contributed by atoms with van der Waals surface area (Å²) in [5.41, 5.74) is 7.08. The highest BCUT2D eigenvalue weighted by atomic mass is 32.1. The summed E-state index contributed by atoms with van der Waals surface area (Å²) >= 11 is 1.30. The molecule has 212 valence electrons. The van der Waals surface area contributed by atoms with Gasteiger partial charge in [-0.15, -0.1) is 11.3 Å². The summed E-state index contributed by atoms with van der Waals surface area (Å²) in [7, 11) is 0. The zero-order valence-corrected chi connectivity index (χ0v) is 21.6. The molecule has 40 heavy (non-hydrogen) atoms. The van der Waals surface area contributed by atoms with E-state index in [-0.39, 0.29) is 30.2 Å². The molecule has 0 bridgehead atoms. The Morgan fingerprint density at radius 2 is 1.52 bits per heavy atom. The van der Waals surface area contributed by atoms with Crippen LogP contribution in [0.1, 0.15) is 41.6 Å². The number of rotatable bonds is 14. The Labute approximate surface area is 230 Å². The lowest BCUT2D eigenvalue weighted by Crippen LogP contribution is -2.44. The van der Waals surface area contributed by atoms with Crippen molar-refractivity contribution in [3.63, 3.8) is 0 Å². The maximum atomic E-state index is 12.6. The summed E-state index contributed by atoms with van der Waals surface area (Å²) in [6.07, 6.45) is -1.55. The second-order valence-electron chi connectivity index (χ2n) is 8.57. The predicted octanol–water partition coefficient (Wildman–Crippen LogP) is 0.989. The smallest absolute Gasteiger partial charge is 0.326 e. The molecule has 2 heterocycles. The number of hydrogen-bond donors (Lipinski definition) is 8. The van der Waals surface area contributed by atoms with Crippen molar-refractivity contribution in [3.8, 4) is 5.88 Å². The number of benzene rings is 1. The Morgan fingerprint density at radius 1 is 0.900 bits per heavy atom. The standard InChI is InChI=1S/C24H26N6O9S/c25-24-29-20(35)18-12(10-40-21(18)30-24)9-26-13-3-1-11(2-4-13)19(34)28-15(23(38)39)5-7-16(31)27-14(22(36)37)6-8-17(32)33/h1-4,10,14-15,26H,5-9H2,(H,27,31)(H,28,34)(H,32,33)(H,36,37)(H,38,39)(H3,25,29,30,35)/t14-,15-/m0/s1. The molecule has 3 aromatic rings. The number of thiophene rings is 1. The number of nitrogens with zero attached hydrogens (tertiary/aromatic N) is 2. The van der Waals surface area contributed by atoms with Crippen LogP contribution < -0.4 is 21.7 Å². The topological polar surface area (TPSA) is 254 Å². The molecule has 3 rings (SSSR count). The van der Waals surface area contributed by atoms with Gasteiger partial charge >= 0.3 is 17.9 Å². The molecule has 0 aliphatic carbocycles. The second-order valence-corrected chi connectivity index (χ2v) is 9.43. The van der Waals surface area contributed by atoms with Crippen molar-refractivity contribution in [1.29, 1.82) is 0 Å². The van der Waals surface area contributed by atoms with E-state index in [4.69, 9.17) is 15.9 Å². The van der Waals surface area contributed by atoms with Gasteiger partial charge in [-0.25, -0.2) is 14.6 Å². The summed E-state index contributed by atoms with van der Waals surface area (Å²) in [4.78, 5) is 66.6. The number of fused-ring (bicyclic) bond motifs is 1. The molecule has 2 aromatic heterocycles. The first kappa shape index (κ1) is 29.6. The molecule has 0 saturated carbocycles. The van der Waals surface area contributed by atoms with Crippen LogP contribution in [0.25, 0.3) is 10.2 Å². The zero-order chi connectivity index (χ0) is 29.4. The minimum atomic E-state index is -1.44. The Kier molecular flexibility index (Phi) is 9.75. The molecule has 0 aliphatic rings. The number of nitrogens with one attached hydrogen (secondary N) is 3. The quantitative estimate of drug-likeness (QED) is 0.134. The lowest BCUT2D eigenvalue weighted by Gasteiger charge is -2.16. The van der Waals surface area contributed by atoms with E-state index in [1.54, 1.807) is 17.5 Å². The monoisotopic (exact) mass is 574 g/mol. The SMILES string of the molecule is Nc1nc(O)c2c(CNc3ccc(C(=O)N[C@@H](CCC(=O)N[C@@H](CCC(=O)O)C(=O)O)C(=O)O)cc3)csc2n1. The van der Waals surface area contributed by atoms with Gasteiger partial charge in [-0.2, -0.15) is 4.98 Å². The number of aromatic nitrogens is 2. The molecule has 2 amide bonds. The van der Waals surface area contributed by atoms with Gasteiger partial charge in [0.25, 0.3) is 5.91 Å². The van der Waals surface area contributed by atoms with Crippen LogP contribution in [-0.2, 0) is 25.7 Å². The number of anilines is 2. The number of aromatic hydroxyl groups is 1. The van der Waals surface area contributed by atoms with E-state index in [2.05, 4.69) is 25.9 Å². The van der Waals surface area contributed by atoms with Crippen LogP contribution in [0, 0.1) is 0 Å². The third kappa shape index (κ3) is 8.00. The molecule has 15 nitrogen and oxygen atoms in total. The van der Waals surface area contributed by atoms with E-state index in [9.17, 15) is 34.2 Å². The van der Waals surface area contributed by atoms with Gasteiger partial charge in [0.15, 0.2) is 0 Å². The highest BCUT2D eigenvalue weighted by molar-refractivity contribution is 7.17. The van der Waals surface area contributed by atoms with Crippen LogP contribution in [0.5, 0.6) is 5.88 Å². The average Bonchev–Trinajstić information content (AvgIpc) is 3.30. The fraction of sp³-hybridized carbons (Fsp3) is 0.292. The highest BCUT2D eigenvalue weighted by Gasteiger charge is 2.25. The summed E-state index contributed by atoms with van der Waals surface area (Å²) in [6, 6.07) is 3.26. The largest absolute Gasteiger partial charge is 0.493 e. The van der Waals surface area contributed by atoms with E-state index >= 15 is 0 Å². The van der Waals surface area contributed by atoms with Crippen molar-refractivity contribution in [1.82, 2.24) is 20.6 Å². The van der Waals surface area contributed by atoms with Crippen LogP contribution in [0.15, 0.2) is 29.6 Å². The second kappa shape index (κ2) is 13.2. The van der Waals surface area contributed by atoms with Gasteiger partial charge < -0.3 is 42.1 Å². The van der Waals surface area contributed by atoms with E-state index in [1.807, 2.05) is 0 Å². The molecular formula is C24H26N6O9S. The van der Waals surface area contributed by atoms with Crippen molar-refractivity contribution in [3.05, 3.63) is 40.8 Å². The number of carbonyl (C=O) groups is 5. The summed E-state index contributed by atoms with van der Waals surface area (Å²) in [5.74, 6) is -5.79. The van der Waals surface area contributed by atoms with Gasteiger partial charge in [0, 0.05) is 30.6 Å². The molecule has 0 spiro atoms. The average molecular weight is 575 g/mol. The van der Waals surface area contributed by atoms with Crippen molar-refractivity contribution in [2.24, 2.45) is 0 Å². The normalized spacial score (nSPS) is 12.3. The summed E-state index contributed by atoms with van der Waals surface area (Å²) in [5, 5.41) is 47.3. The number of hydrogen-bond acceptors (Lipinski definition) is 11. The van der Waals surface area contributed by atoms with E-state index < -0.39 is 54.6 Å². The van der Waals surface area contributed by atoms with Crippen molar-refractivity contribution < 1.29 is 44.4 Å². The highest BCUT2D eigenvalue weighted by Crippen LogP contribution is 2.31. The third-order valence-corrected chi connectivity index (χ3v) is 6.60. The van der Waals surface area contributed by atoms with Crippen molar-refractivity contribution in [2.45, 2.75) is 44.3 Å². The van der Waals surface area contributed by atoms with Gasteiger partial charge in [-0.05, 0) is 48.1 Å². The van der Waals surface area contributed by atoms with Crippen LogP contribution in [-0.4, -0.2) is 72.2 Å². The predicted molar refractivity (Wildman–Crippen MR) is 142 cm³/mol. The first-order valence-electron chi connectivity index (χ1n) is 11.8. The van der Waals surface area contributed by atoms with Crippen LogP contribution in [0.2, 0.25) is 0 Å². The zero-order valence-electron chi connectivity index (χ0n) is 20.8. The molecule has 0 aliphatic heterocycles. The fourth-order valence-electron chi connectivity index (χ4n) is 3.63. The third-order valence-electron chi connectivity index (χ3n) is 5.68. The van der Waals surface area contributed by atoms with Gasteiger partial charge in [0.1, 0.15) is 16.9 Å². The molecule has 0 saturated heterocycles. The maximum absolute atomic E-state index is 12.6. The molecule has 0 fully saturated rings. The molecule has 9 N–H and O–H groups in total. The number of carboxylic acids is 3. The molecule has 16 heteroatoms. The van der Waals surface area contributed by atoms with Crippen molar-refractivity contribution >= 4 is 62.9 Å². The molecular weight excluding hydrogens is 548 g/mol. The molecule has 0 radical (unpaired) electrons. The fourth-order valence-corrected chi connectivity index (χ4v) is 4.57. The number of aliphatic carboxylic acids is 3. The lowest BCUT2D eigenvalue weighted by atomic mass is 10.1. The maximum Gasteiger partial charge on any atom is 0.326 e. The van der Waals surface area contributed by atoms with Gasteiger partial charge in [-0.3, -0.25) is 14.4 Å². The first-order chi connectivity index (χ1) is 18.9. The van der Waals surface area contributed by atoms with Crippen LogP contribution in [0.3, 0.4) is 0 Å². The minimum absolute atomic E-state index is 0.0339. The Bertz CT molecular complexity index is 1430. The van der Waals surface area contributed by atoms with Gasteiger partial charge in [-0.1, -0.05) is 0 Å². The first-order valence-corrected chi connectivity index (χ1v) is 12.7.